The zero-order chi connectivity index (χ0) is 14.3. The van der Waals surface area contributed by atoms with E-state index in [1.54, 1.807) is 0 Å². The average molecular weight is 272 g/mol. The topological polar surface area (TPSA) is 29.3 Å². The van der Waals surface area contributed by atoms with Crippen molar-refractivity contribution in [2.75, 3.05) is 19.6 Å². The van der Waals surface area contributed by atoms with E-state index in [-0.39, 0.29) is 5.54 Å². The second-order valence-corrected chi connectivity index (χ2v) is 7.12. The quantitative estimate of drug-likeness (QED) is 0.895. The third-order valence-electron chi connectivity index (χ3n) is 5.92. The molecule has 4 unspecified atom stereocenters. The van der Waals surface area contributed by atoms with E-state index in [1.807, 2.05) is 0 Å². The molecule has 0 spiro atoms. The van der Waals surface area contributed by atoms with Gasteiger partial charge in [0, 0.05) is 19.6 Å². The zero-order valence-corrected chi connectivity index (χ0v) is 13.1. The predicted octanol–water partition coefficient (Wildman–Crippen LogP) is 3.33. The summed E-state index contributed by atoms with van der Waals surface area (Å²) in [6, 6.07) is 9.00. The fourth-order valence-electron chi connectivity index (χ4n) is 4.24. The van der Waals surface area contributed by atoms with Crippen molar-refractivity contribution in [3.05, 3.63) is 35.4 Å². The van der Waals surface area contributed by atoms with Gasteiger partial charge >= 0.3 is 0 Å². The van der Waals surface area contributed by atoms with Crippen molar-refractivity contribution in [2.24, 2.45) is 17.6 Å². The van der Waals surface area contributed by atoms with Crippen molar-refractivity contribution in [1.29, 1.82) is 0 Å². The molecule has 2 N–H and O–H groups in total. The Balaban J connectivity index is 2.04. The maximum atomic E-state index is 6.33. The second kappa shape index (κ2) is 5.16. The maximum absolute atomic E-state index is 6.33. The van der Waals surface area contributed by atoms with Crippen LogP contribution in [0.4, 0.5) is 0 Å². The Hall–Kier alpha value is -0.860. The van der Waals surface area contributed by atoms with E-state index in [9.17, 15) is 0 Å². The van der Waals surface area contributed by atoms with Crippen LogP contribution in [0.3, 0.4) is 0 Å². The largest absolute Gasteiger partial charge is 0.328 e. The van der Waals surface area contributed by atoms with Crippen molar-refractivity contribution in [3.8, 4) is 0 Å². The summed E-state index contributed by atoms with van der Waals surface area (Å²) in [5.41, 5.74) is 9.44. The number of likely N-dealkylation sites (tertiary alicyclic amines) is 1. The molecule has 0 aromatic heterocycles. The Kier molecular flexibility index (Phi) is 3.64. The van der Waals surface area contributed by atoms with E-state index < -0.39 is 0 Å². The van der Waals surface area contributed by atoms with Crippen LogP contribution in [0.2, 0.25) is 0 Å². The van der Waals surface area contributed by atoms with Gasteiger partial charge in [-0.3, -0.25) is 4.90 Å². The van der Waals surface area contributed by atoms with Gasteiger partial charge in [0.1, 0.15) is 0 Å². The van der Waals surface area contributed by atoms with Gasteiger partial charge in [0.05, 0.1) is 5.54 Å². The first-order valence-electron chi connectivity index (χ1n) is 8.13. The van der Waals surface area contributed by atoms with Crippen molar-refractivity contribution in [2.45, 2.75) is 45.1 Å². The zero-order valence-electron chi connectivity index (χ0n) is 13.1. The van der Waals surface area contributed by atoms with Gasteiger partial charge in [0.15, 0.2) is 0 Å². The van der Waals surface area contributed by atoms with Crippen LogP contribution in [0.5, 0.6) is 0 Å². The van der Waals surface area contributed by atoms with Crippen LogP contribution in [0, 0.1) is 11.8 Å². The lowest BCUT2D eigenvalue weighted by Gasteiger charge is -2.47. The molecule has 1 fully saturated rings. The highest BCUT2D eigenvalue weighted by Gasteiger charge is 2.45. The van der Waals surface area contributed by atoms with E-state index >= 15 is 0 Å². The smallest absolute Gasteiger partial charge is 0.0586 e. The summed E-state index contributed by atoms with van der Waals surface area (Å²) in [6.45, 7) is 10.3. The van der Waals surface area contributed by atoms with Crippen LogP contribution in [0.15, 0.2) is 24.3 Å². The minimum atomic E-state index is 0.0854. The van der Waals surface area contributed by atoms with Crippen molar-refractivity contribution in [1.82, 2.24) is 4.90 Å². The second-order valence-electron chi connectivity index (χ2n) is 7.12. The molecule has 2 aliphatic rings. The molecule has 1 aliphatic heterocycles. The number of nitrogens with two attached hydrogens (primary N) is 1. The molecule has 3 rings (SSSR count). The molecular weight excluding hydrogens is 244 g/mol. The molecule has 1 aromatic carbocycles. The first kappa shape index (κ1) is 14.1. The lowest BCUT2D eigenvalue weighted by atomic mass is 9.71. The van der Waals surface area contributed by atoms with E-state index in [0.717, 1.165) is 18.4 Å². The lowest BCUT2D eigenvalue weighted by Crippen LogP contribution is -2.52. The van der Waals surface area contributed by atoms with Crippen LogP contribution >= 0.6 is 0 Å². The molecule has 4 atom stereocenters. The Labute approximate surface area is 123 Å². The summed E-state index contributed by atoms with van der Waals surface area (Å²) in [4.78, 5) is 2.69. The fraction of sp³-hybridized carbons (Fsp3) is 0.667. The van der Waals surface area contributed by atoms with Crippen LogP contribution in [0.1, 0.15) is 50.7 Å². The number of nitrogens with zero attached hydrogens (tertiary/aromatic N) is 1. The van der Waals surface area contributed by atoms with Gasteiger partial charge in [0.2, 0.25) is 0 Å². The molecule has 110 valence electrons. The Morgan fingerprint density at radius 1 is 1.15 bits per heavy atom. The Morgan fingerprint density at radius 2 is 1.80 bits per heavy atom. The first-order chi connectivity index (χ1) is 9.58. The number of hydrogen-bond donors (Lipinski definition) is 1. The highest BCUT2D eigenvalue weighted by molar-refractivity contribution is 5.39. The number of benzene rings is 1. The molecule has 0 bridgehead atoms. The maximum Gasteiger partial charge on any atom is 0.0586 e. The first-order valence-corrected chi connectivity index (χ1v) is 8.13. The van der Waals surface area contributed by atoms with Crippen LogP contribution < -0.4 is 5.73 Å². The van der Waals surface area contributed by atoms with E-state index in [0.29, 0.717) is 5.92 Å². The average Bonchev–Trinajstić information content (AvgIpc) is 2.80. The summed E-state index contributed by atoms with van der Waals surface area (Å²) in [5, 5.41) is 0. The molecule has 2 nitrogen and oxygen atoms in total. The third-order valence-corrected chi connectivity index (χ3v) is 5.92. The molecule has 20 heavy (non-hydrogen) atoms. The van der Waals surface area contributed by atoms with Crippen LogP contribution in [-0.2, 0) is 5.54 Å². The third kappa shape index (κ3) is 2.01. The monoisotopic (exact) mass is 272 g/mol. The lowest BCUT2D eigenvalue weighted by molar-refractivity contribution is 0.0916. The highest BCUT2D eigenvalue weighted by Crippen LogP contribution is 2.46. The van der Waals surface area contributed by atoms with Crippen molar-refractivity contribution < 1.29 is 0 Å². The normalized spacial score (nSPS) is 37.9. The van der Waals surface area contributed by atoms with Crippen molar-refractivity contribution in [3.63, 3.8) is 0 Å². The molecule has 2 heteroatoms. The minimum absolute atomic E-state index is 0.0854. The summed E-state index contributed by atoms with van der Waals surface area (Å²) in [5.74, 6) is 2.23. The summed E-state index contributed by atoms with van der Waals surface area (Å²) >= 11 is 0. The molecule has 0 saturated carbocycles. The summed E-state index contributed by atoms with van der Waals surface area (Å²) in [6.07, 6.45) is 2.47. The fourth-order valence-corrected chi connectivity index (χ4v) is 4.24. The van der Waals surface area contributed by atoms with Gasteiger partial charge in [-0.25, -0.2) is 0 Å². The van der Waals surface area contributed by atoms with E-state index in [4.69, 9.17) is 5.73 Å². The van der Waals surface area contributed by atoms with Gasteiger partial charge < -0.3 is 5.73 Å². The number of fused-ring (bicyclic) bond motifs is 1. The SMILES string of the molecule is CC1CCC(CN)(N2CC(C)C(C)C2)c2ccccc21. The van der Waals surface area contributed by atoms with Gasteiger partial charge in [-0.15, -0.1) is 0 Å². The highest BCUT2D eigenvalue weighted by atomic mass is 15.2. The van der Waals surface area contributed by atoms with E-state index in [1.165, 1.54) is 37.1 Å². The van der Waals surface area contributed by atoms with Gasteiger partial charge in [-0.1, -0.05) is 45.0 Å². The molecule has 0 amide bonds. The van der Waals surface area contributed by atoms with Crippen molar-refractivity contribution >= 4 is 0 Å². The molecule has 1 heterocycles. The van der Waals surface area contributed by atoms with Crippen LogP contribution in [-0.4, -0.2) is 24.5 Å². The molecule has 1 saturated heterocycles. The van der Waals surface area contributed by atoms with Crippen LogP contribution in [0.25, 0.3) is 0 Å². The van der Waals surface area contributed by atoms with E-state index in [2.05, 4.69) is 49.9 Å². The molecular formula is C18H28N2. The summed E-state index contributed by atoms with van der Waals surface area (Å²) in [7, 11) is 0. The molecule has 0 radical (unpaired) electrons. The Bertz CT molecular complexity index is 474. The predicted molar refractivity (Wildman–Crippen MR) is 84.7 cm³/mol. The van der Waals surface area contributed by atoms with Gasteiger partial charge in [-0.05, 0) is 41.7 Å². The molecule has 1 aromatic rings. The standard InChI is InChI=1S/C18H28N2/c1-13-8-9-18(12-19,17-7-5-4-6-16(13)17)20-10-14(2)15(3)11-20/h4-7,13-15H,8-12,19H2,1-3H3. The number of rotatable bonds is 2. The summed E-state index contributed by atoms with van der Waals surface area (Å²) < 4.78 is 0. The van der Waals surface area contributed by atoms with Gasteiger partial charge in [0.25, 0.3) is 0 Å². The molecule has 1 aliphatic carbocycles. The minimum Gasteiger partial charge on any atom is -0.328 e. The Morgan fingerprint density at radius 3 is 2.45 bits per heavy atom. The number of hydrogen-bond acceptors (Lipinski definition) is 2. The van der Waals surface area contributed by atoms with Gasteiger partial charge in [-0.2, -0.15) is 0 Å².